The van der Waals surface area contributed by atoms with Crippen molar-refractivity contribution in [3.8, 4) is 0 Å². The summed E-state index contributed by atoms with van der Waals surface area (Å²) in [5, 5.41) is 13.6. The molecule has 1 N–H and O–H groups in total. The maximum Gasteiger partial charge on any atom is 0.311 e. The molecule has 0 bridgehead atoms. The van der Waals surface area contributed by atoms with Gasteiger partial charge in [0.05, 0.1) is 5.41 Å². The predicted molar refractivity (Wildman–Crippen MR) is 82.2 cm³/mol. The number of amides is 1. The Labute approximate surface area is 130 Å². The highest BCUT2D eigenvalue weighted by Gasteiger charge is 2.42. The van der Waals surface area contributed by atoms with Gasteiger partial charge in [-0.25, -0.2) is 0 Å². The van der Waals surface area contributed by atoms with Crippen LogP contribution in [0.1, 0.15) is 32.1 Å². The van der Waals surface area contributed by atoms with Gasteiger partial charge in [0.1, 0.15) is 0 Å². The van der Waals surface area contributed by atoms with Crippen LogP contribution in [0.3, 0.4) is 0 Å². The third-order valence-electron chi connectivity index (χ3n) is 4.26. The Kier molecular flexibility index (Phi) is 5.35. The van der Waals surface area contributed by atoms with Crippen LogP contribution in [0, 0.1) is 5.41 Å². The van der Waals surface area contributed by atoms with Crippen LogP contribution in [0.4, 0.5) is 0 Å². The second kappa shape index (κ2) is 7.24. The van der Waals surface area contributed by atoms with Crippen molar-refractivity contribution in [1.29, 1.82) is 0 Å². The minimum Gasteiger partial charge on any atom is -0.481 e. The van der Waals surface area contributed by atoms with Crippen molar-refractivity contribution < 1.29 is 14.7 Å². The second-order valence-electron chi connectivity index (χ2n) is 5.87. The van der Waals surface area contributed by atoms with Crippen LogP contribution in [-0.4, -0.2) is 44.8 Å². The molecule has 0 aliphatic carbocycles. The molecule has 6 heteroatoms. The number of carboxylic acids is 1. The average Bonchev–Trinajstić information content (AvgIpc) is 3.01. The van der Waals surface area contributed by atoms with Crippen LogP contribution in [0.25, 0.3) is 0 Å². The van der Waals surface area contributed by atoms with Gasteiger partial charge in [0.2, 0.25) is 5.91 Å². The number of hydrogen-bond donors (Lipinski definition) is 1. The quantitative estimate of drug-likeness (QED) is 0.781. The number of piperidine rings is 1. The van der Waals surface area contributed by atoms with Crippen LogP contribution in [-0.2, 0) is 16.1 Å². The molecule has 1 saturated heterocycles. The van der Waals surface area contributed by atoms with E-state index in [0.717, 1.165) is 6.42 Å². The maximum absolute atomic E-state index is 12.3. The monoisotopic (exact) mass is 305 g/mol. The molecule has 1 aliphatic heterocycles. The summed E-state index contributed by atoms with van der Waals surface area (Å²) in [4.78, 5) is 25.6. The summed E-state index contributed by atoms with van der Waals surface area (Å²) in [5.41, 5.74) is -0.863. The van der Waals surface area contributed by atoms with Gasteiger partial charge in [-0.1, -0.05) is 6.08 Å². The topological polar surface area (TPSA) is 75.4 Å². The van der Waals surface area contributed by atoms with Gasteiger partial charge >= 0.3 is 5.97 Å². The Bertz CT molecular complexity index is 527. The van der Waals surface area contributed by atoms with Crippen molar-refractivity contribution in [2.45, 2.75) is 38.6 Å². The van der Waals surface area contributed by atoms with E-state index in [9.17, 15) is 14.7 Å². The zero-order chi connectivity index (χ0) is 16.0. The Balaban J connectivity index is 1.89. The summed E-state index contributed by atoms with van der Waals surface area (Å²) in [7, 11) is 0. The van der Waals surface area contributed by atoms with E-state index in [1.165, 1.54) is 0 Å². The van der Waals surface area contributed by atoms with E-state index >= 15 is 0 Å². The molecule has 22 heavy (non-hydrogen) atoms. The number of rotatable bonds is 7. The maximum atomic E-state index is 12.3. The van der Waals surface area contributed by atoms with Crippen LogP contribution in [0.5, 0.6) is 0 Å². The molecule has 6 nitrogen and oxygen atoms in total. The lowest BCUT2D eigenvalue weighted by atomic mass is 9.77. The number of carbonyl (C=O) groups is 2. The lowest BCUT2D eigenvalue weighted by Crippen LogP contribution is -2.49. The third-order valence-corrected chi connectivity index (χ3v) is 4.26. The number of aromatic nitrogens is 2. The standard InChI is InChI=1S/C16H23N3O3/c1-2-7-16(15(21)22)8-4-10-18(13-16)14(20)6-3-11-19-12-5-9-17-19/h2,5,9,12H,1,3-4,6-8,10-11,13H2,(H,21,22). The largest absolute Gasteiger partial charge is 0.481 e. The van der Waals surface area contributed by atoms with Crippen molar-refractivity contribution in [2.24, 2.45) is 5.41 Å². The van der Waals surface area contributed by atoms with Gasteiger partial charge in [-0.2, -0.15) is 5.10 Å². The van der Waals surface area contributed by atoms with Gasteiger partial charge in [0.15, 0.2) is 0 Å². The zero-order valence-corrected chi connectivity index (χ0v) is 12.8. The lowest BCUT2D eigenvalue weighted by Gasteiger charge is -2.39. The highest BCUT2D eigenvalue weighted by atomic mass is 16.4. The van der Waals surface area contributed by atoms with Crippen molar-refractivity contribution in [2.75, 3.05) is 13.1 Å². The SMILES string of the molecule is C=CCC1(C(=O)O)CCCN(C(=O)CCCn2cccn2)C1. The number of aliphatic carboxylic acids is 1. The van der Waals surface area contributed by atoms with E-state index in [1.54, 1.807) is 21.9 Å². The van der Waals surface area contributed by atoms with Crippen molar-refractivity contribution in [3.63, 3.8) is 0 Å². The number of likely N-dealkylation sites (tertiary alicyclic amines) is 1. The summed E-state index contributed by atoms with van der Waals surface area (Å²) in [6, 6.07) is 1.85. The minimum atomic E-state index is -0.863. The molecule has 0 spiro atoms. The summed E-state index contributed by atoms with van der Waals surface area (Å²) < 4.78 is 1.79. The van der Waals surface area contributed by atoms with Gasteiger partial charge in [0.25, 0.3) is 0 Å². The first kappa shape index (κ1) is 16.3. The van der Waals surface area contributed by atoms with Gasteiger partial charge in [-0.3, -0.25) is 14.3 Å². The fraction of sp³-hybridized carbons (Fsp3) is 0.562. The van der Waals surface area contributed by atoms with Gasteiger partial charge in [0, 0.05) is 38.4 Å². The molecule has 1 atom stereocenters. The molecule has 120 valence electrons. The molecule has 1 aliphatic rings. The molecule has 1 fully saturated rings. The first-order chi connectivity index (χ1) is 10.6. The van der Waals surface area contributed by atoms with Crippen LogP contribution < -0.4 is 0 Å². The average molecular weight is 305 g/mol. The molecule has 1 amide bonds. The molecular formula is C16H23N3O3. The second-order valence-corrected chi connectivity index (χ2v) is 5.87. The highest BCUT2D eigenvalue weighted by Crippen LogP contribution is 2.34. The number of carboxylic acid groups (broad SMARTS) is 1. The summed E-state index contributed by atoms with van der Waals surface area (Å²) in [6.45, 7) is 5.28. The molecule has 1 aromatic heterocycles. The molecule has 1 unspecified atom stereocenters. The van der Waals surface area contributed by atoms with E-state index in [0.29, 0.717) is 38.8 Å². The number of allylic oxidation sites excluding steroid dienone is 1. The van der Waals surface area contributed by atoms with Gasteiger partial charge in [-0.15, -0.1) is 6.58 Å². The highest BCUT2D eigenvalue weighted by molar-refractivity contribution is 5.79. The number of aryl methyl sites for hydroxylation is 1. The fourth-order valence-electron chi connectivity index (χ4n) is 3.03. The van der Waals surface area contributed by atoms with E-state index < -0.39 is 11.4 Å². The molecule has 1 aromatic rings. The normalized spacial score (nSPS) is 21.5. The van der Waals surface area contributed by atoms with Gasteiger partial charge in [-0.05, 0) is 31.7 Å². The zero-order valence-electron chi connectivity index (χ0n) is 12.8. The molecule has 0 aromatic carbocycles. The minimum absolute atomic E-state index is 0.0292. The fourth-order valence-corrected chi connectivity index (χ4v) is 3.03. The Morgan fingerprint density at radius 2 is 2.27 bits per heavy atom. The molecule has 2 rings (SSSR count). The Morgan fingerprint density at radius 3 is 2.91 bits per heavy atom. The summed E-state index contributed by atoms with van der Waals surface area (Å²) >= 11 is 0. The molecule has 0 saturated carbocycles. The van der Waals surface area contributed by atoms with E-state index in [4.69, 9.17) is 0 Å². The van der Waals surface area contributed by atoms with Crippen LogP contribution >= 0.6 is 0 Å². The lowest BCUT2D eigenvalue weighted by molar-refractivity contribution is -0.154. The first-order valence-electron chi connectivity index (χ1n) is 7.67. The molecular weight excluding hydrogens is 282 g/mol. The Hall–Kier alpha value is -2.11. The van der Waals surface area contributed by atoms with Crippen molar-refractivity contribution in [3.05, 3.63) is 31.1 Å². The molecule has 0 radical (unpaired) electrons. The number of carbonyl (C=O) groups excluding carboxylic acids is 1. The van der Waals surface area contributed by atoms with Crippen LogP contribution in [0.2, 0.25) is 0 Å². The summed E-state index contributed by atoms with van der Waals surface area (Å²) in [5.74, 6) is -0.803. The van der Waals surface area contributed by atoms with Crippen molar-refractivity contribution in [1.82, 2.24) is 14.7 Å². The van der Waals surface area contributed by atoms with Crippen LogP contribution in [0.15, 0.2) is 31.1 Å². The number of hydrogen-bond acceptors (Lipinski definition) is 3. The Morgan fingerprint density at radius 1 is 1.45 bits per heavy atom. The van der Waals surface area contributed by atoms with Gasteiger partial charge < -0.3 is 10.0 Å². The first-order valence-corrected chi connectivity index (χ1v) is 7.67. The van der Waals surface area contributed by atoms with E-state index in [2.05, 4.69) is 11.7 Å². The van der Waals surface area contributed by atoms with E-state index in [-0.39, 0.29) is 12.5 Å². The summed E-state index contributed by atoms with van der Waals surface area (Å²) in [6.07, 6.45) is 8.08. The van der Waals surface area contributed by atoms with Crippen molar-refractivity contribution >= 4 is 11.9 Å². The third kappa shape index (κ3) is 3.75. The smallest absolute Gasteiger partial charge is 0.311 e. The van der Waals surface area contributed by atoms with E-state index in [1.807, 2.05) is 12.3 Å². The predicted octanol–water partition coefficient (Wildman–Crippen LogP) is 1.93. The molecule has 2 heterocycles. The number of nitrogens with zero attached hydrogens (tertiary/aromatic N) is 3.